The standard InChI is InChI=1S/C15H27N3O2/c1-10-5-6-11(8-13(10)16)15(20)18-7-3-4-12(9-18)14(19)17-2/h10-13H,3-9,16H2,1-2H3,(H,17,19). The maximum absolute atomic E-state index is 12.6. The van der Waals surface area contributed by atoms with Gasteiger partial charge in [-0.2, -0.15) is 0 Å². The summed E-state index contributed by atoms with van der Waals surface area (Å²) in [5.41, 5.74) is 6.10. The van der Waals surface area contributed by atoms with Crippen LogP contribution in [0.2, 0.25) is 0 Å². The smallest absolute Gasteiger partial charge is 0.225 e. The van der Waals surface area contributed by atoms with Gasteiger partial charge in [0.1, 0.15) is 0 Å². The van der Waals surface area contributed by atoms with Gasteiger partial charge in [0.25, 0.3) is 0 Å². The van der Waals surface area contributed by atoms with E-state index in [9.17, 15) is 9.59 Å². The van der Waals surface area contributed by atoms with Crippen molar-refractivity contribution in [3.8, 4) is 0 Å². The Hall–Kier alpha value is -1.10. The number of piperidine rings is 1. The molecule has 0 bridgehead atoms. The zero-order chi connectivity index (χ0) is 14.7. The number of carbonyl (C=O) groups excluding carboxylic acids is 2. The lowest BCUT2D eigenvalue weighted by molar-refractivity contribution is -0.140. The molecule has 0 aromatic carbocycles. The first kappa shape index (κ1) is 15.3. The average molecular weight is 281 g/mol. The van der Waals surface area contributed by atoms with Crippen molar-refractivity contribution in [2.45, 2.75) is 45.1 Å². The predicted octanol–water partition coefficient (Wildman–Crippen LogP) is 0.735. The summed E-state index contributed by atoms with van der Waals surface area (Å²) < 4.78 is 0. The number of hydrogen-bond acceptors (Lipinski definition) is 3. The normalized spacial score (nSPS) is 34.6. The van der Waals surface area contributed by atoms with Crippen LogP contribution in [0.25, 0.3) is 0 Å². The van der Waals surface area contributed by atoms with Crippen molar-refractivity contribution >= 4 is 11.8 Å². The molecule has 1 saturated carbocycles. The third kappa shape index (κ3) is 3.32. The van der Waals surface area contributed by atoms with Gasteiger partial charge in [0.2, 0.25) is 11.8 Å². The molecule has 2 aliphatic rings. The van der Waals surface area contributed by atoms with E-state index in [2.05, 4.69) is 12.2 Å². The minimum Gasteiger partial charge on any atom is -0.359 e. The topological polar surface area (TPSA) is 75.4 Å². The fourth-order valence-electron chi connectivity index (χ4n) is 3.43. The zero-order valence-corrected chi connectivity index (χ0v) is 12.6. The minimum atomic E-state index is -0.0473. The highest BCUT2D eigenvalue weighted by Gasteiger charge is 2.35. The second-order valence-electron chi connectivity index (χ2n) is 6.39. The van der Waals surface area contributed by atoms with Crippen molar-refractivity contribution in [2.75, 3.05) is 20.1 Å². The number of nitrogens with two attached hydrogens (primary N) is 1. The number of carbonyl (C=O) groups is 2. The summed E-state index contributed by atoms with van der Waals surface area (Å²) in [6, 6.07) is 0.136. The fourth-order valence-corrected chi connectivity index (χ4v) is 3.43. The zero-order valence-electron chi connectivity index (χ0n) is 12.6. The molecule has 1 heterocycles. The van der Waals surface area contributed by atoms with E-state index in [4.69, 9.17) is 5.73 Å². The molecule has 0 aromatic heterocycles. The number of likely N-dealkylation sites (tertiary alicyclic amines) is 1. The van der Waals surface area contributed by atoms with E-state index in [0.29, 0.717) is 12.5 Å². The summed E-state index contributed by atoms with van der Waals surface area (Å²) in [5, 5.41) is 2.69. The molecular formula is C15H27N3O2. The molecule has 0 aromatic rings. The van der Waals surface area contributed by atoms with Crippen molar-refractivity contribution in [1.82, 2.24) is 10.2 Å². The van der Waals surface area contributed by atoms with E-state index < -0.39 is 0 Å². The number of rotatable bonds is 2. The second-order valence-corrected chi connectivity index (χ2v) is 6.39. The van der Waals surface area contributed by atoms with E-state index in [-0.39, 0.29) is 29.7 Å². The molecule has 5 heteroatoms. The van der Waals surface area contributed by atoms with E-state index in [1.165, 1.54) is 0 Å². The summed E-state index contributed by atoms with van der Waals surface area (Å²) in [6.07, 6.45) is 4.56. The van der Waals surface area contributed by atoms with Crippen LogP contribution in [0, 0.1) is 17.8 Å². The van der Waals surface area contributed by atoms with Gasteiger partial charge < -0.3 is 16.0 Å². The molecule has 0 spiro atoms. The molecule has 1 saturated heterocycles. The van der Waals surface area contributed by atoms with Crippen LogP contribution >= 0.6 is 0 Å². The minimum absolute atomic E-state index is 0.0473. The maximum atomic E-state index is 12.6. The monoisotopic (exact) mass is 281 g/mol. The van der Waals surface area contributed by atoms with E-state index in [1.54, 1.807) is 7.05 Å². The Labute approximate surface area is 121 Å². The number of nitrogens with zero attached hydrogens (tertiary/aromatic N) is 1. The predicted molar refractivity (Wildman–Crippen MR) is 77.9 cm³/mol. The number of hydrogen-bond donors (Lipinski definition) is 2. The maximum Gasteiger partial charge on any atom is 0.225 e. The first-order chi connectivity index (χ1) is 9.52. The van der Waals surface area contributed by atoms with Crippen LogP contribution < -0.4 is 11.1 Å². The van der Waals surface area contributed by atoms with Gasteiger partial charge >= 0.3 is 0 Å². The van der Waals surface area contributed by atoms with Crippen LogP contribution in [0.3, 0.4) is 0 Å². The van der Waals surface area contributed by atoms with Crippen LogP contribution in [0.1, 0.15) is 39.0 Å². The number of amides is 2. The fraction of sp³-hybridized carbons (Fsp3) is 0.867. The molecule has 4 atom stereocenters. The molecule has 2 amide bonds. The van der Waals surface area contributed by atoms with Crippen molar-refractivity contribution in [2.24, 2.45) is 23.5 Å². The van der Waals surface area contributed by atoms with Crippen LogP contribution in [-0.2, 0) is 9.59 Å². The van der Waals surface area contributed by atoms with Crippen LogP contribution in [0.15, 0.2) is 0 Å². The average Bonchev–Trinajstić information content (AvgIpc) is 2.48. The lowest BCUT2D eigenvalue weighted by Gasteiger charge is -2.37. The molecule has 0 radical (unpaired) electrons. The summed E-state index contributed by atoms with van der Waals surface area (Å²) in [7, 11) is 1.66. The van der Waals surface area contributed by atoms with Crippen molar-refractivity contribution in [1.29, 1.82) is 0 Å². The summed E-state index contributed by atoms with van der Waals surface area (Å²) in [6.45, 7) is 3.52. The third-order valence-corrected chi connectivity index (χ3v) is 4.96. The van der Waals surface area contributed by atoms with E-state index in [0.717, 1.165) is 38.6 Å². The van der Waals surface area contributed by atoms with Crippen LogP contribution in [0.4, 0.5) is 0 Å². The molecule has 5 nitrogen and oxygen atoms in total. The van der Waals surface area contributed by atoms with Crippen LogP contribution in [0.5, 0.6) is 0 Å². The van der Waals surface area contributed by atoms with Gasteiger partial charge in [0.05, 0.1) is 5.92 Å². The Morgan fingerprint density at radius 2 is 1.95 bits per heavy atom. The SMILES string of the molecule is CNC(=O)C1CCCN(C(=O)C2CCC(C)C(N)C2)C1. The molecular weight excluding hydrogens is 254 g/mol. The van der Waals surface area contributed by atoms with Crippen molar-refractivity contribution < 1.29 is 9.59 Å². The lowest BCUT2D eigenvalue weighted by Crippen LogP contribution is -2.49. The summed E-state index contributed by atoms with van der Waals surface area (Å²) >= 11 is 0. The third-order valence-electron chi connectivity index (χ3n) is 4.96. The van der Waals surface area contributed by atoms with E-state index in [1.807, 2.05) is 4.90 Å². The Balaban J connectivity index is 1.93. The molecule has 20 heavy (non-hydrogen) atoms. The molecule has 3 N–H and O–H groups in total. The van der Waals surface area contributed by atoms with Gasteiger partial charge in [-0.15, -0.1) is 0 Å². The molecule has 4 unspecified atom stereocenters. The van der Waals surface area contributed by atoms with Crippen molar-refractivity contribution in [3.05, 3.63) is 0 Å². The van der Waals surface area contributed by atoms with Gasteiger partial charge in [-0.05, 0) is 38.0 Å². The first-order valence-electron chi connectivity index (χ1n) is 7.79. The molecule has 2 fully saturated rings. The molecule has 1 aliphatic carbocycles. The molecule has 114 valence electrons. The van der Waals surface area contributed by atoms with Crippen LogP contribution in [-0.4, -0.2) is 42.9 Å². The second kappa shape index (κ2) is 6.57. The quantitative estimate of drug-likeness (QED) is 0.783. The molecule has 1 aliphatic heterocycles. The van der Waals surface area contributed by atoms with Gasteiger partial charge in [0, 0.05) is 32.1 Å². The van der Waals surface area contributed by atoms with Gasteiger partial charge in [-0.25, -0.2) is 0 Å². The van der Waals surface area contributed by atoms with Gasteiger partial charge in [-0.3, -0.25) is 9.59 Å². The highest BCUT2D eigenvalue weighted by molar-refractivity contribution is 5.82. The van der Waals surface area contributed by atoms with Crippen molar-refractivity contribution in [3.63, 3.8) is 0 Å². The van der Waals surface area contributed by atoms with Gasteiger partial charge in [0.15, 0.2) is 0 Å². The summed E-state index contributed by atoms with van der Waals surface area (Å²) in [4.78, 5) is 26.2. The highest BCUT2D eigenvalue weighted by atomic mass is 16.2. The first-order valence-corrected chi connectivity index (χ1v) is 7.79. The Morgan fingerprint density at radius 3 is 2.60 bits per heavy atom. The Kier molecular flexibility index (Phi) is 5.02. The number of nitrogens with one attached hydrogen (secondary N) is 1. The van der Waals surface area contributed by atoms with E-state index >= 15 is 0 Å². The molecule has 2 rings (SSSR count). The highest BCUT2D eigenvalue weighted by Crippen LogP contribution is 2.30. The Morgan fingerprint density at radius 1 is 1.20 bits per heavy atom. The lowest BCUT2D eigenvalue weighted by atomic mass is 9.78. The van der Waals surface area contributed by atoms with Gasteiger partial charge in [-0.1, -0.05) is 6.92 Å². The Bertz CT molecular complexity index is 372. The largest absolute Gasteiger partial charge is 0.359 e. The summed E-state index contributed by atoms with van der Waals surface area (Å²) in [5.74, 6) is 0.787.